The van der Waals surface area contributed by atoms with E-state index in [0.29, 0.717) is 19.6 Å². The first-order chi connectivity index (χ1) is 10.6. The number of hydrogen-bond acceptors (Lipinski definition) is 4. The van der Waals surface area contributed by atoms with Crippen LogP contribution in [0.5, 0.6) is 0 Å². The highest BCUT2D eigenvalue weighted by Gasteiger charge is 2.22. The molecule has 1 N–H and O–H groups in total. The molecule has 5 nitrogen and oxygen atoms in total. The number of nitrogens with zero attached hydrogens (tertiary/aromatic N) is 2. The molecule has 0 aliphatic carbocycles. The van der Waals surface area contributed by atoms with Crippen molar-refractivity contribution in [3.63, 3.8) is 0 Å². The van der Waals surface area contributed by atoms with Crippen molar-refractivity contribution >= 4 is 31.8 Å². The molecule has 0 saturated carbocycles. The molecule has 120 valence electrons. The molecular formula is C15H21N3O2S2. The topological polar surface area (TPSA) is 62.3 Å². The molecule has 7 heteroatoms. The largest absolute Gasteiger partial charge is 0.279 e. The zero-order chi connectivity index (χ0) is 15.4. The van der Waals surface area contributed by atoms with Crippen LogP contribution >= 0.6 is 11.3 Å². The standard InChI is InChI=1S/C15H21N3O2S2/c19-22(20,18-11-4-1-5-12-18)16-10-6-9-15-17-13-7-2-3-8-14(13)21-15/h2-3,7-8,16H,1,4-6,9-12H2. The second kappa shape index (κ2) is 7.04. The third-order valence-corrected chi connectivity index (χ3v) is 6.56. The second-order valence-electron chi connectivity index (χ2n) is 5.54. The molecule has 0 radical (unpaired) electrons. The van der Waals surface area contributed by atoms with Gasteiger partial charge in [-0.15, -0.1) is 11.3 Å². The van der Waals surface area contributed by atoms with Crippen molar-refractivity contribution in [1.29, 1.82) is 0 Å². The molecule has 1 aliphatic heterocycles. The van der Waals surface area contributed by atoms with Gasteiger partial charge in [0, 0.05) is 26.1 Å². The van der Waals surface area contributed by atoms with E-state index >= 15 is 0 Å². The van der Waals surface area contributed by atoms with Crippen molar-refractivity contribution < 1.29 is 8.42 Å². The molecule has 1 saturated heterocycles. The van der Waals surface area contributed by atoms with Crippen molar-refractivity contribution in [3.05, 3.63) is 29.3 Å². The Morgan fingerprint density at radius 1 is 1.18 bits per heavy atom. The molecule has 2 heterocycles. The zero-order valence-electron chi connectivity index (χ0n) is 12.5. The number of para-hydroxylation sites is 1. The monoisotopic (exact) mass is 339 g/mol. The summed E-state index contributed by atoms with van der Waals surface area (Å²) in [5.74, 6) is 0. The molecular weight excluding hydrogens is 318 g/mol. The van der Waals surface area contributed by atoms with Crippen molar-refractivity contribution in [3.8, 4) is 0 Å². The fourth-order valence-corrected chi connectivity index (χ4v) is 5.00. The summed E-state index contributed by atoms with van der Waals surface area (Å²) in [6.45, 7) is 1.76. The lowest BCUT2D eigenvalue weighted by molar-refractivity contribution is 0.341. The van der Waals surface area contributed by atoms with Gasteiger partial charge in [0.15, 0.2) is 0 Å². The van der Waals surface area contributed by atoms with Gasteiger partial charge >= 0.3 is 0 Å². The van der Waals surface area contributed by atoms with Gasteiger partial charge in [0.25, 0.3) is 10.2 Å². The number of benzene rings is 1. The Bertz CT molecular complexity index is 688. The minimum Gasteiger partial charge on any atom is -0.241 e. The summed E-state index contributed by atoms with van der Waals surface area (Å²) < 4.78 is 29.7. The molecule has 0 atom stereocenters. The van der Waals surface area contributed by atoms with E-state index in [9.17, 15) is 8.42 Å². The number of nitrogens with one attached hydrogen (secondary N) is 1. The van der Waals surface area contributed by atoms with Crippen LogP contribution in [0, 0.1) is 0 Å². The summed E-state index contributed by atoms with van der Waals surface area (Å²) in [6.07, 6.45) is 4.64. The molecule has 1 fully saturated rings. The lowest BCUT2D eigenvalue weighted by Gasteiger charge is -2.25. The molecule has 0 spiro atoms. The van der Waals surface area contributed by atoms with Crippen LogP contribution in [0.4, 0.5) is 0 Å². The summed E-state index contributed by atoms with van der Waals surface area (Å²) in [4.78, 5) is 4.57. The SMILES string of the molecule is O=S(=O)(NCCCc1nc2ccccc2s1)N1CCCCC1. The van der Waals surface area contributed by atoms with Crippen LogP contribution in [0.25, 0.3) is 10.2 Å². The number of fused-ring (bicyclic) bond motifs is 1. The van der Waals surface area contributed by atoms with Crippen LogP contribution in [0.1, 0.15) is 30.7 Å². The normalized spacial score (nSPS) is 17.1. The maximum Gasteiger partial charge on any atom is 0.279 e. The Labute approximate surface area is 135 Å². The van der Waals surface area contributed by atoms with Gasteiger partial charge in [0.05, 0.1) is 15.2 Å². The minimum absolute atomic E-state index is 0.467. The number of piperidine rings is 1. The Balaban J connectivity index is 1.48. The molecule has 1 aromatic heterocycles. The highest BCUT2D eigenvalue weighted by Crippen LogP contribution is 2.22. The van der Waals surface area contributed by atoms with E-state index in [1.165, 1.54) is 4.70 Å². The van der Waals surface area contributed by atoms with Crippen LogP contribution in [0.2, 0.25) is 0 Å². The van der Waals surface area contributed by atoms with Crippen LogP contribution in [0.15, 0.2) is 24.3 Å². The van der Waals surface area contributed by atoms with Gasteiger partial charge in [-0.3, -0.25) is 0 Å². The molecule has 1 aromatic carbocycles. The van der Waals surface area contributed by atoms with Gasteiger partial charge in [-0.1, -0.05) is 18.6 Å². The Hall–Kier alpha value is -1.02. The Morgan fingerprint density at radius 3 is 2.73 bits per heavy atom. The Kier molecular flexibility index (Phi) is 5.07. The lowest BCUT2D eigenvalue weighted by Crippen LogP contribution is -2.43. The van der Waals surface area contributed by atoms with Gasteiger partial charge in [0.2, 0.25) is 0 Å². The molecule has 0 unspecified atom stereocenters. The maximum atomic E-state index is 12.1. The molecule has 3 rings (SSSR count). The molecule has 0 bridgehead atoms. The van der Waals surface area contributed by atoms with Crippen molar-refractivity contribution in [1.82, 2.24) is 14.0 Å². The third-order valence-electron chi connectivity index (χ3n) is 3.85. The first kappa shape index (κ1) is 15.9. The zero-order valence-corrected chi connectivity index (χ0v) is 14.1. The average Bonchev–Trinajstić information content (AvgIpc) is 2.95. The predicted molar refractivity (Wildman–Crippen MR) is 90.3 cm³/mol. The van der Waals surface area contributed by atoms with Gasteiger partial charge < -0.3 is 0 Å². The number of thiazole rings is 1. The van der Waals surface area contributed by atoms with Crippen LogP contribution < -0.4 is 4.72 Å². The third kappa shape index (κ3) is 3.84. The van der Waals surface area contributed by atoms with E-state index in [-0.39, 0.29) is 0 Å². The average molecular weight is 339 g/mol. The molecule has 2 aromatic rings. The number of aromatic nitrogens is 1. The first-order valence-electron chi connectivity index (χ1n) is 7.74. The summed E-state index contributed by atoms with van der Waals surface area (Å²) in [5, 5.41) is 1.07. The van der Waals surface area contributed by atoms with E-state index in [1.807, 2.05) is 18.2 Å². The van der Waals surface area contributed by atoms with E-state index in [0.717, 1.165) is 42.6 Å². The number of rotatable bonds is 6. The smallest absolute Gasteiger partial charge is 0.241 e. The van der Waals surface area contributed by atoms with E-state index < -0.39 is 10.2 Å². The highest BCUT2D eigenvalue weighted by molar-refractivity contribution is 7.87. The lowest BCUT2D eigenvalue weighted by atomic mass is 10.2. The summed E-state index contributed by atoms with van der Waals surface area (Å²) in [7, 11) is -3.30. The second-order valence-corrected chi connectivity index (χ2v) is 8.41. The van der Waals surface area contributed by atoms with Gasteiger partial charge in [0.1, 0.15) is 0 Å². The van der Waals surface area contributed by atoms with Gasteiger partial charge in [-0.05, 0) is 31.4 Å². The van der Waals surface area contributed by atoms with Crippen molar-refractivity contribution in [2.45, 2.75) is 32.1 Å². The first-order valence-corrected chi connectivity index (χ1v) is 10.00. The van der Waals surface area contributed by atoms with Crippen molar-refractivity contribution in [2.24, 2.45) is 0 Å². The molecule has 1 aliphatic rings. The number of aryl methyl sites for hydroxylation is 1. The Morgan fingerprint density at radius 2 is 1.95 bits per heavy atom. The summed E-state index contributed by atoms with van der Waals surface area (Å²) in [5.41, 5.74) is 1.02. The highest BCUT2D eigenvalue weighted by atomic mass is 32.2. The predicted octanol–water partition coefficient (Wildman–Crippen LogP) is 2.55. The van der Waals surface area contributed by atoms with Crippen LogP contribution in [0.3, 0.4) is 0 Å². The van der Waals surface area contributed by atoms with Crippen molar-refractivity contribution in [2.75, 3.05) is 19.6 Å². The van der Waals surface area contributed by atoms with E-state index in [4.69, 9.17) is 0 Å². The summed E-state index contributed by atoms with van der Waals surface area (Å²) in [6, 6.07) is 8.07. The van der Waals surface area contributed by atoms with Crippen LogP contribution in [-0.4, -0.2) is 37.3 Å². The van der Waals surface area contributed by atoms with Crippen LogP contribution in [-0.2, 0) is 16.6 Å². The molecule has 22 heavy (non-hydrogen) atoms. The molecule has 0 amide bonds. The number of hydrogen-bond donors (Lipinski definition) is 1. The maximum absolute atomic E-state index is 12.1. The quantitative estimate of drug-likeness (QED) is 0.823. The van der Waals surface area contributed by atoms with Gasteiger partial charge in [-0.25, -0.2) is 9.71 Å². The van der Waals surface area contributed by atoms with Gasteiger partial charge in [-0.2, -0.15) is 12.7 Å². The summed E-state index contributed by atoms with van der Waals surface area (Å²) >= 11 is 1.68. The minimum atomic E-state index is -3.30. The van der Waals surface area contributed by atoms with E-state index in [1.54, 1.807) is 15.6 Å². The fourth-order valence-electron chi connectivity index (χ4n) is 2.66. The fraction of sp³-hybridized carbons (Fsp3) is 0.533. The van der Waals surface area contributed by atoms with E-state index in [2.05, 4.69) is 15.8 Å².